The SMILES string of the molecule is CCC1CCC(=O)CC1SC1COC1. The summed E-state index contributed by atoms with van der Waals surface area (Å²) >= 11 is 2.00. The minimum Gasteiger partial charge on any atom is -0.379 e. The smallest absolute Gasteiger partial charge is 0.134 e. The van der Waals surface area contributed by atoms with Crippen molar-refractivity contribution in [3.8, 4) is 0 Å². The molecular weight excluding hydrogens is 196 g/mol. The molecule has 1 saturated heterocycles. The molecule has 80 valence electrons. The van der Waals surface area contributed by atoms with Gasteiger partial charge in [0.05, 0.1) is 18.5 Å². The van der Waals surface area contributed by atoms with Crippen molar-refractivity contribution >= 4 is 17.5 Å². The van der Waals surface area contributed by atoms with E-state index in [0.29, 0.717) is 16.3 Å². The normalized spacial score (nSPS) is 34.2. The maximum atomic E-state index is 11.4. The molecule has 1 heterocycles. The molecule has 1 aliphatic carbocycles. The molecule has 14 heavy (non-hydrogen) atoms. The minimum absolute atomic E-state index is 0.465. The van der Waals surface area contributed by atoms with E-state index in [0.717, 1.165) is 38.4 Å². The molecule has 0 aromatic heterocycles. The summed E-state index contributed by atoms with van der Waals surface area (Å²) in [5.74, 6) is 1.23. The lowest BCUT2D eigenvalue weighted by molar-refractivity contribution is -0.120. The summed E-state index contributed by atoms with van der Waals surface area (Å²) in [6.07, 6.45) is 3.95. The number of hydrogen-bond acceptors (Lipinski definition) is 3. The van der Waals surface area contributed by atoms with Crippen LogP contribution in [0, 0.1) is 5.92 Å². The number of thioether (sulfide) groups is 1. The Morgan fingerprint density at radius 2 is 2.29 bits per heavy atom. The third-order valence-corrected chi connectivity index (χ3v) is 4.81. The summed E-state index contributed by atoms with van der Waals surface area (Å²) in [5, 5.41) is 1.25. The lowest BCUT2D eigenvalue weighted by Crippen LogP contribution is -2.36. The molecule has 0 amide bonds. The van der Waals surface area contributed by atoms with Crippen LogP contribution in [-0.2, 0) is 9.53 Å². The Labute approximate surface area is 89.8 Å². The number of rotatable bonds is 3. The molecule has 2 unspecified atom stereocenters. The molecule has 2 nitrogen and oxygen atoms in total. The van der Waals surface area contributed by atoms with E-state index in [-0.39, 0.29) is 0 Å². The van der Waals surface area contributed by atoms with Crippen LogP contribution in [0.1, 0.15) is 32.6 Å². The van der Waals surface area contributed by atoms with Crippen molar-refractivity contribution in [1.29, 1.82) is 0 Å². The quantitative estimate of drug-likeness (QED) is 0.721. The molecule has 0 bridgehead atoms. The van der Waals surface area contributed by atoms with Crippen LogP contribution in [0.15, 0.2) is 0 Å². The van der Waals surface area contributed by atoms with Crippen molar-refractivity contribution < 1.29 is 9.53 Å². The second-order valence-electron chi connectivity index (χ2n) is 4.28. The predicted molar refractivity (Wildman–Crippen MR) is 58.6 cm³/mol. The maximum absolute atomic E-state index is 11.4. The van der Waals surface area contributed by atoms with Gasteiger partial charge >= 0.3 is 0 Å². The van der Waals surface area contributed by atoms with Crippen LogP contribution in [0.3, 0.4) is 0 Å². The molecule has 2 fully saturated rings. The van der Waals surface area contributed by atoms with E-state index in [1.807, 2.05) is 11.8 Å². The van der Waals surface area contributed by atoms with Crippen LogP contribution in [0.2, 0.25) is 0 Å². The number of carbonyl (C=O) groups is 1. The van der Waals surface area contributed by atoms with Gasteiger partial charge in [0.1, 0.15) is 5.78 Å². The van der Waals surface area contributed by atoms with Gasteiger partial charge in [0.2, 0.25) is 0 Å². The average Bonchev–Trinajstić information content (AvgIpc) is 2.12. The van der Waals surface area contributed by atoms with Crippen LogP contribution in [0.4, 0.5) is 0 Å². The van der Waals surface area contributed by atoms with Crippen molar-refractivity contribution in [3.63, 3.8) is 0 Å². The average molecular weight is 214 g/mol. The first-order valence-corrected chi connectivity index (χ1v) is 6.48. The van der Waals surface area contributed by atoms with E-state index < -0.39 is 0 Å². The Kier molecular flexibility index (Phi) is 3.50. The molecule has 1 aliphatic heterocycles. The van der Waals surface area contributed by atoms with Gasteiger partial charge in [-0.1, -0.05) is 13.3 Å². The Morgan fingerprint density at radius 3 is 2.86 bits per heavy atom. The zero-order valence-corrected chi connectivity index (χ0v) is 9.52. The van der Waals surface area contributed by atoms with E-state index in [2.05, 4.69) is 6.92 Å². The topological polar surface area (TPSA) is 26.3 Å². The minimum atomic E-state index is 0.465. The van der Waals surface area contributed by atoms with Crippen LogP contribution < -0.4 is 0 Å². The lowest BCUT2D eigenvalue weighted by Gasteiger charge is -2.35. The highest BCUT2D eigenvalue weighted by molar-refractivity contribution is 8.00. The Bertz CT molecular complexity index is 213. The second-order valence-corrected chi connectivity index (χ2v) is 5.83. The second kappa shape index (κ2) is 4.67. The summed E-state index contributed by atoms with van der Waals surface area (Å²) < 4.78 is 5.17. The van der Waals surface area contributed by atoms with Crippen molar-refractivity contribution in [2.75, 3.05) is 13.2 Å². The molecule has 3 heteroatoms. The molecule has 0 spiro atoms. The summed E-state index contributed by atoms with van der Waals surface area (Å²) in [5.41, 5.74) is 0. The third-order valence-electron chi connectivity index (χ3n) is 3.25. The summed E-state index contributed by atoms with van der Waals surface area (Å²) in [7, 11) is 0. The fourth-order valence-electron chi connectivity index (χ4n) is 2.19. The van der Waals surface area contributed by atoms with Crippen molar-refractivity contribution in [2.45, 2.75) is 43.1 Å². The fraction of sp³-hybridized carbons (Fsp3) is 0.909. The highest BCUT2D eigenvalue weighted by Gasteiger charge is 2.32. The van der Waals surface area contributed by atoms with E-state index in [4.69, 9.17) is 4.74 Å². The molecular formula is C11H18O2S. The maximum Gasteiger partial charge on any atom is 0.134 e. The van der Waals surface area contributed by atoms with Crippen LogP contribution in [0.25, 0.3) is 0 Å². The zero-order valence-electron chi connectivity index (χ0n) is 8.70. The molecule has 2 rings (SSSR count). The molecule has 0 aromatic carbocycles. The van der Waals surface area contributed by atoms with Crippen molar-refractivity contribution in [3.05, 3.63) is 0 Å². The Hall–Kier alpha value is -0.0200. The van der Waals surface area contributed by atoms with Gasteiger partial charge in [-0.25, -0.2) is 0 Å². The number of ether oxygens (including phenoxy) is 1. The standard InChI is InChI=1S/C11H18O2S/c1-2-8-3-4-9(12)5-11(8)14-10-6-13-7-10/h8,10-11H,2-7H2,1H3. The zero-order chi connectivity index (χ0) is 9.97. The molecule has 1 saturated carbocycles. The molecule has 2 aliphatic rings. The van der Waals surface area contributed by atoms with E-state index in [1.165, 1.54) is 6.42 Å². The Morgan fingerprint density at radius 1 is 1.50 bits per heavy atom. The van der Waals surface area contributed by atoms with Gasteiger partial charge < -0.3 is 4.74 Å². The van der Waals surface area contributed by atoms with Gasteiger partial charge in [-0.15, -0.1) is 11.8 Å². The lowest BCUT2D eigenvalue weighted by atomic mass is 9.86. The molecule has 0 N–H and O–H groups in total. The van der Waals surface area contributed by atoms with Crippen LogP contribution in [0.5, 0.6) is 0 Å². The van der Waals surface area contributed by atoms with Gasteiger partial charge in [-0.2, -0.15) is 0 Å². The highest BCUT2D eigenvalue weighted by atomic mass is 32.2. The van der Waals surface area contributed by atoms with Gasteiger partial charge in [0, 0.05) is 18.1 Å². The Balaban J connectivity index is 1.87. The first-order chi connectivity index (χ1) is 6.79. The van der Waals surface area contributed by atoms with Crippen molar-refractivity contribution in [2.24, 2.45) is 5.92 Å². The molecule has 2 atom stereocenters. The largest absolute Gasteiger partial charge is 0.379 e. The predicted octanol–water partition coefficient (Wildman–Crippen LogP) is 2.27. The number of Topliss-reactive ketones (excluding diaryl/α,β-unsaturated/α-hetero) is 1. The monoisotopic (exact) mass is 214 g/mol. The van der Waals surface area contributed by atoms with Crippen molar-refractivity contribution in [1.82, 2.24) is 0 Å². The summed E-state index contributed by atoms with van der Waals surface area (Å²) in [4.78, 5) is 11.4. The van der Waals surface area contributed by atoms with Gasteiger partial charge in [-0.05, 0) is 12.3 Å². The van der Waals surface area contributed by atoms with Crippen LogP contribution >= 0.6 is 11.8 Å². The van der Waals surface area contributed by atoms with E-state index >= 15 is 0 Å². The first-order valence-electron chi connectivity index (χ1n) is 5.54. The number of hydrogen-bond donors (Lipinski definition) is 0. The summed E-state index contributed by atoms with van der Waals surface area (Å²) in [6, 6.07) is 0. The summed E-state index contributed by atoms with van der Waals surface area (Å²) in [6.45, 7) is 4.03. The van der Waals surface area contributed by atoms with Crippen LogP contribution in [-0.4, -0.2) is 29.5 Å². The fourth-order valence-corrected chi connectivity index (χ4v) is 3.87. The molecule has 0 aromatic rings. The number of carbonyl (C=O) groups excluding carboxylic acids is 1. The highest BCUT2D eigenvalue weighted by Crippen LogP contribution is 2.37. The number of ketones is 1. The van der Waals surface area contributed by atoms with Gasteiger partial charge in [0.25, 0.3) is 0 Å². The van der Waals surface area contributed by atoms with E-state index in [1.54, 1.807) is 0 Å². The molecule has 0 radical (unpaired) electrons. The van der Waals surface area contributed by atoms with E-state index in [9.17, 15) is 4.79 Å². The van der Waals surface area contributed by atoms with Gasteiger partial charge in [-0.3, -0.25) is 4.79 Å². The first kappa shape index (κ1) is 10.5. The van der Waals surface area contributed by atoms with Gasteiger partial charge in [0.15, 0.2) is 0 Å². The third kappa shape index (κ3) is 2.31.